The molecule has 0 radical (unpaired) electrons. The van der Waals surface area contributed by atoms with Gasteiger partial charge in [-0.3, -0.25) is 4.72 Å². The lowest BCUT2D eigenvalue weighted by Crippen LogP contribution is -2.33. The van der Waals surface area contributed by atoms with E-state index >= 15 is 0 Å². The summed E-state index contributed by atoms with van der Waals surface area (Å²) in [6, 6.07) is 6.88. The molecule has 150 valence electrons. The van der Waals surface area contributed by atoms with E-state index in [0.29, 0.717) is 34.8 Å². The molecule has 3 aromatic rings. The highest BCUT2D eigenvalue weighted by Crippen LogP contribution is 2.34. The SMILES string of the molecule is CS(=O)(=O)Nc1ccc(-c2nn(C3CCCN(C#N)C3)c3ncnc(N)c23)cc1. The van der Waals surface area contributed by atoms with Gasteiger partial charge in [0, 0.05) is 17.8 Å². The van der Waals surface area contributed by atoms with E-state index < -0.39 is 10.0 Å². The fraction of sp³-hybridized carbons (Fsp3) is 0.333. The number of sulfonamides is 1. The summed E-state index contributed by atoms with van der Waals surface area (Å²) in [5.41, 5.74) is 8.61. The molecule has 1 unspecified atom stereocenters. The zero-order valence-electron chi connectivity index (χ0n) is 15.8. The number of nitrogens with two attached hydrogens (primary N) is 1. The van der Waals surface area contributed by atoms with Gasteiger partial charge in [-0.2, -0.15) is 10.4 Å². The van der Waals surface area contributed by atoms with E-state index in [1.165, 1.54) is 6.33 Å². The van der Waals surface area contributed by atoms with Crippen LogP contribution in [-0.2, 0) is 10.0 Å². The van der Waals surface area contributed by atoms with Crippen LogP contribution in [0.25, 0.3) is 22.3 Å². The molecular weight excluding hydrogens is 392 g/mol. The summed E-state index contributed by atoms with van der Waals surface area (Å²) in [6.45, 7) is 1.30. The molecule has 0 aliphatic carbocycles. The fourth-order valence-corrected chi connectivity index (χ4v) is 4.17. The van der Waals surface area contributed by atoms with Crippen LogP contribution < -0.4 is 10.5 Å². The van der Waals surface area contributed by atoms with Crippen molar-refractivity contribution in [1.82, 2.24) is 24.6 Å². The molecule has 1 fully saturated rings. The highest BCUT2D eigenvalue weighted by atomic mass is 32.2. The summed E-state index contributed by atoms with van der Waals surface area (Å²) in [5, 5.41) is 14.7. The topological polar surface area (TPSA) is 143 Å². The van der Waals surface area contributed by atoms with Crippen molar-refractivity contribution in [1.29, 1.82) is 5.26 Å². The maximum atomic E-state index is 11.4. The van der Waals surface area contributed by atoms with E-state index in [9.17, 15) is 13.7 Å². The van der Waals surface area contributed by atoms with E-state index in [0.717, 1.165) is 31.2 Å². The van der Waals surface area contributed by atoms with Gasteiger partial charge in [-0.25, -0.2) is 23.1 Å². The Bertz CT molecular complexity index is 1200. The third-order valence-electron chi connectivity index (χ3n) is 4.86. The lowest BCUT2D eigenvalue weighted by atomic mass is 10.1. The summed E-state index contributed by atoms with van der Waals surface area (Å²) >= 11 is 0. The lowest BCUT2D eigenvalue weighted by Gasteiger charge is -2.28. The van der Waals surface area contributed by atoms with Gasteiger partial charge >= 0.3 is 0 Å². The number of likely N-dealkylation sites (tertiary alicyclic amines) is 1. The molecule has 29 heavy (non-hydrogen) atoms. The second-order valence-electron chi connectivity index (χ2n) is 7.04. The molecule has 1 aliphatic heterocycles. The van der Waals surface area contributed by atoms with Crippen LogP contribution in [0.5, 0.6) is 0 Å². The Hall–Kier alpha value is -3.39. The van der Waals surface area contributed by atoms with Gasteiger partial charge in [-0.05, 0) is 25.0 Å². The van der Waals surface area contributed by atoms with Gasteiger partial charge in [0.1, 0.15) is 17.8 Å². The van der Waals surface area contributed by atoms with Gasteiger partial charge in [0.2, 0.25) is 10.0 Å². The fourth-order valence-electron chi connectivity index (χ4n) is 3.61. The predicted molar refractivity (Wildman–Crippen MR) is 109 cm³/mol. The first-order valence-electron chi connectivity index (χ1n) is 9.07. The summed E-state index contributed by atoms with van der Waals surface area (Å²) in [5.74, 6) is 0.322. The van der Waals surface area contributed by atoms with E-state index in [2.05, 4.69) is 20.9 Å². The standard InChI is InChI=1S/C18H20N8O2S/c1-29(27,28)24-13-6-4-12(5-7-13)16-15-17(20)21-11-22-18(15)26(23-16)14-3-2-8-25(9-14)10-19/h4-7,11,14,24H,2-3,8-9H2,1H3,(H2,20,21,22). The number of anilines is 2. The van der Waals surface area contributed by atoms with E-state index in [-0.39, 0.29) is 6.04 Å². The number of fused-ring (bicyclic) bond motifs is 1. The van der Waals surface area contributed by atoms with Gasteiger partial charge in [0.15, 0.2) is 11.8 Å². The van der Waals surface area contributed by atoms with Gasteiger partial charge in [-0.1, -0.05) is 12.1 Å². The molecule has 0 bridgehead atoms. The number of piperidine rings is 1. The maximum absolute atomic E-state index is 11.4. The Kier molecular flexibility index (Phi) is 4.71. The van der Waals surface area contributed by atoms with Crippen LogP contribution in [0.4, 0.5) is 11.5 Å². The monoisotopic (exact) mass is 412 g/mol. The third kappa shape index (κ3) is 3.79. The Morgan fingerprint density at radius 2 is 2.03 bits per heavy atom. The highest BCUT2D eigenvalue weighted by Gasteiger charge is 2.26. The van der Waals surface area contributed by atoms with Crippen molar-refractivity contribution in [3.8, 4) is 17.5 Å². The average molecular weight is 412 g/mol. The Balaban J connectivity index is 1.78. The number of nitrogens with zero attached hydrogens (tertiary/aromatic N) is 6. The van der Waals surface area contributed by atoms with Crippen molar-refractivity contribution in [3.63, 3.8) is 0 Å². The molecule has 11 heteroatoms. The van der Waals surface area contributed by atoms with Crippen molar-refractivity contribution in [3.05, 3.63) is 30.6 Å². The molecule has 0 spiro atoms. The van der Waals surface area contributed by atoms with Crippen LogP contribution in [0.2, 0.25) is 0 Å². The smallest absolute Gasteiger partial charge is 0.229 e. The molecule has 3 heterocycles. The van der Waals surface area contributed by atoms with Crippen molar-refractivity contribution < 1.29 is 8.42 Å². The van der Waals surface area contributed by atoms with Gasteiger partial charge < -0.3 is 10.6 Å². The van der Waals surface area contributed by atoms with Crippen LogP contribution in [0.1, 0.15) is 18.9 Å². The Labute approximate surface area is 168 Å². The molecule has 2 aromatic heterocycles. The zero-order valence-corrected chi connectivity index (χ0v) is 16.6. The van der Waals surface area contributed by atoms with Crippen LogP contribution in [0.15, 0.2) is 30.6 Å². The number of nitrogen functional groups attached to an aromatic ring is 1. The van der Waals surface area contributed by atoms with Crippen molar-refractivity contribution in [2.75, 3.05) is 29.8 Å². The predicted octanol–water partition coefficient (Wildman–Crippen LogP) is 1.56. The van der Waals surface area contributed by atoms with Gasteiger partial charge in [0.25, 0.3) is 0 Å². The van der Waals surface area contributed by atoms with Crippen LogP contribution in [0.3, 0.4) is 0 Å². The van der Waals surface area contributed by atoms with E-state index in [1.807, 2.05) is 4.68 Å². The molecule has 0 saturated carbocycles. The van der Waals surface area contributed by atoms with E-state index in [4.69, 9.17) is 10.8 Å². The number of nitrogens with one attached hydrogen (secondary N) is 1. The van der Waals surface area contributed by atoms with Crippen molar-refractivity contribution in [2.45, 2.75) is 18.9 Å². The van der Waals surface area contributed by atoms with Crippen LogP contribution in [0, 0.1) is 11.5 Å². The Morgan fingerprint density at radius 1 is 1.28 bits per heavy atom. The third-order valence-corrected chi connectivity index (χ3v) is 5.47. The first-order chi connectivity index (χ1) is 13.9. The summed E-state index contributed by atoms with van der Waals surface area (Å²) in [4.78, 5) is 10.2. The van der Waals surface area contributed by atoms with Crippen LogP contribution in [-0.4, -0.2) is 52.4 Å². The maximum Gasteiger partial charge on any atom is 0.229 e. The highest BCUT2D eigenvalue weighted by molar-refractivity contribution is 7.92. The summed E-state index contributed by atoms with van der Waals surface area (Å²) in [7, 11) is -3.35. The Morgan fingerprint density at radius 3 is 2.72 bits per heavy atom. The minimum atomic E-state index is -3.35. The van der Waals surface area contributed by atoms with Gasteiger partial charge in [0.05, 0.1) is 24.2 Å². The second-order valence-corrected chi connectivity index (χ2v) is 8.79. The van der Waals surface area contributed by atoms with E-state index in [1.54, 1.807) is 29.2 Å². The number of hydrogen-bond acceptors (Lipinski definition) is 8. The molecule has 1 atom stereocenters. The first-order valence-corrected chi connectivity index (χ1v) is 11.0. The summed E-state index contributed by atoms with van der Waals surface area (Å²) < 4.78 is 27.1. The first kappa shape index (κ1) is 18.9. The molecular formula is C18H20N8O2S. The largest absolute Gasteiger partial charge is 0.383 e. The molecule has 4 rings (SSSR count). The van der Waals surface area contributed by atoms with Crippen molar-refractivity contribution >= 4 is 32.6 Å². The van der Waals surface area contributed by atoms with Crippen molar-refractivity contribution in [2.24, 2.45) is 0 Å². The number of hydrogen-bond donors (Lipinski definition) is 2. The normalized spacial score (nSPS) is 17.2. The average Bonchev–Trinajstić information content (AvgIpc) is 3.08. The molecule has 1 aliphatic rings. The molecule has 1 aromatic carbocycles. The van der Waals surface area contributed by atoms with Gasteiger partial charge in [-0.15, -0.1) is 0 Å². The second kappa shape index (κ2) is 7.21. The lowest BCUT2D eigenvalue weighted by molar-refractivity contribution is 0.236. The number of rotatable bonds is 4. The quantitative estimate of drug-likeness (QED) is 0.615. The number of nitriles is 1. The molecule has 10 nitrogen and oxygen atoms in total. The number of aromatic nitrogens is 4. The number of benzene rings is 1. The summed E-state index contributed by atoms with van der Waals surface area (Å²) in [6.07, 6.45) is 6.49. The minimum absolute atomic E-state index is 0.000115. The zero-order chi connectivity index (χ0) is 20.6. The minimum Gasteiger partial charge on any atom is -0.383 e. The van der Waals surface area contributed by atoms with Crippen LogP contribution >= 0.6 is 0 Å². The molecule has 3 N–H and O–H groups in total. The molecule has 1 saturated heterocycles. The molecule has 0 amide bonds.